The van der Waals surface area contributed by atoms with E-state index in [2.05, 4.69) is 52.0 Å². The Bertz CT molecular complexity index is 429. The largest absolute Gasteiger partial charge is 0.362 e. The van der Waals surface area contributed by atoms with Crippen molar-refractivity contribution in [2.24, 2.45) is 0 Å². The molecular weight excluding hydrogens is 363 g/mol. The van der Waals surface area contributed by atoms with Gasteiger partial charge in [-0.05, 0) is 48.9 Å². The van der Waals surface area contributed by atoms with E-state index in [1.807, 2.05) is 18.2 Å². The van der Waals surface area contributed by atoms with Gasteiger partial charge in [-0.25, -0.2) is 0 Å². The second-order valence-corrected chi connectivity index (χ2v) is 6.47. The average Bonchev–Trinajstić information content (AvgIpc) is 2.53. The number of nitrogens with zero attached hydrogens (tertiary/aromatic N) is 1. The Labute approximate surface area is 135 Å². The van der Waals surface area contributed by atoms with Crippen molar-refractivity contribution in [2.75, 3.05) is 29.5 Å². The Hall–Kier alpha value is -0.620. The molecule has 4 heteroatoms. The van der Waals surface area contributed by atoms with E-state index in [1.165, 1.54) is 0 Å². The Morgan fingerprint density at radius 2 is 1.95 bits per heavy atom. The maximum Gasteiger partial charge on any atom is 0.158 e. The molecule has 1 fully saturated rings. The third-order valence-corrected chi connectivity index (χ3v) is 5.04. The lowest BCUT2D eigenvalue weighted by Gasteiger charge is -2.45. The fourth-order valence-corrected chi connectivity index (χ4v) is 3.38. The number of Topliss-reactive ketones (excluding diaryl/α,β-unsaturated/α-hetero) is 1. The number of anilines is 1. The van der Waals surface area contributed by atoms with Gasteiger partial charge in [0, 0.05) is 19.2 Å². The molecule has 1 aromatic carbocycles. The monoisotopic (exact) mass is 386 g/mol. The number of alkyl halides is 1. The summed E-state index contributed by atoms with van der Waals surface area (Å²) in [6, 6.07) is 10.3. The molecule has 1 aromatic rings. The summed E-state index contributed by atoms with van der Waals surface area (Å²) >= 11 is 2.35. The quantitative estimate of drug-likeness (QED) is 0.603. The van der Waals surface area contributed by atoms with Crippen molar-refractivity contribution >= 4 is 34.1 Å². The van der Waals surface area contributed by atoms with Crippen LogP contribution in [-0.2, 0) is 4.79 Å². The summed E-state index contributed by atoms with van der Waals surface area (Å²) in [5, 5.41) is 3.38. The highest BCUT2D eigenvalue weighted by molar-refractivity contribution is 14.1. The van der Waals surface area contributed by atoms with Crippen LogP contribution in [-0.4, -0.2) is 35.9 Å². The number of piperidine rings is 1. The van der Waals surface area contributed by atoms with E-state index in [0.717, 1.165) is 42.5 Å². The van der Waals surface area contributed by atoms with Crippen LogP contribution in [0, 0.1) is 0 Å². The van der Waals surface area contributed by atoms with Gasteiger partial charge in [0.1, 0.15) is 5.54 Å². The smallest absolute Gasteiger partial charge is 0.158 e. The zero-order valence-electron chi connectivity index (χ0n) is 12.1. The van der Waals surface area contributed by atoms with Gasteiger partial charge in [0.15, 0.2) is 5.78 Å². The summed E-state index contributed by atoms with van der Waals surface area (Å²) in [4.78, 5) is 15.0. The fourth-order valence-electron chi connectivity index (χ4n) is 3.00. The number of hydrogen-bond acceptors (Lipinski definition) is 3. The maximum atomic E-state index is 12.8. The zero-order chi connectivity index (χ0) is 14.4. The van der Waals surface area contributed by atoms with Crippen LogP contribution in [0.25, 0.3) is 0 Å². The highest BCUT2D eigenvalue weighted by Gasteiger charge is 2.42. The minimum atomic E-state index is -0.321. The van der Waals surface area contributed by atoms with Gasteiger partial charge in [0.25, 0.3) is 0 Å². The molecule has 3 nitrogen and oxygen atoms in total. The number of carbonyl (C=O) groups is 1. The number of para-hydroxylation sites is 1. The van der Waals surface area contributed by atoms with Crippen molar-refractivity contribution in [3.8, 4) is 0 Å². The molecule has 1 saturated heterocycles. The number of hydrogen-bond donors (Lipinski definition) is 1. The van der Waals surface area contributed by atoms with Crippen molar-refractivity contribution in [1.82, 2.24) is 5.32 Å². The van der Waals surface area contributed by atoms with E-state index >= 15 is 0 Å². The summed E-state index contributed by atoms with van der Waals surface area (Å²) in [5.74, 6) is 0.405. The van der Waals surface area contributed by atoms with Crippen LogP contribution < -0.4 is 10.2 Å². The van der Waals surface area contributed by atoms with Crippen molar-refractivity contribution in [2.45, 2.75) is 31.2 Å². The molecule has 0 radical (unpaired) electrons. The first-order valence-electron chi connectivity index (χ1n) is 7.29. The van der Waals surface area contributed by atoms with Gasteiger partial charge in [-0.2, -0.15) is 0 Å². The molecule has 0 amide bonds. The van der Waals surface area contributed by atoms with Crippen LogP contribution in [0.5, 0.6) is 0 Å². The summed E-state index contributed by atoms with van der Waals surface area (Å²) in [6.45, 7) is 1.85. The third kappa shape index (κ3) is 3.34. The van der Waals surface area contributed by atoms with Crippen LogP contribution in [0.2, 0.25) is 0 Å². The first-order valence-corrected chi connectivity index (χ1v) is 8.82. The molecule has 0 aromatic heterocycles. The molecule has 0 atom stereocenters. The molecule has 2 rings (SSSR count). The van der Waals surface area contributed by atoms with Gasteiger partial charge < -0.3 is 10.2 Å². The van der Waals surface area contributed by atoms with Crippen molar-refractivity contribution in [3.05, 3.63) is 30.3 Å². The fraction of sp³-hybridized carbons (Fsp3) is 0.562. The Morgan fingerprint density at radius 3 is 2.55 bits per heavy atom. The molecule has 1 aliphatic rings. The van der Waals surface area contributed by atoms with E-state index in [1.54, 1.807) is 0 Å². The number of halogens is 1. The number of carbonyl (C=O) groups excluding carboxylic acids is 1. The molecule has 1 heterocycles. The summed E-state index contributed by atoms with van der Waals surface area (Å²) < 4.78 is 1.05. The second-order valence-electron chi connectivity index (χ2n) is 5.39. The second kappa shape index (κ2) is 7.41. The van der Waals surface area contributed by atoms with Crippen LogP contribution in [0.1, 0.15) is 25.7 Å². The summed E-state index contributed by atoms with van der Waals surface area (Å²) in [7, 11) is 2.07. The number of nitrogens with one attached hydrogen (secondary N) is 1. The van der Waals surface area contributed by atoms with Gasteiger partial charge in [0.2, 0.25) is 0 Å². The van der Waals surface area contributed by atoms with Crippen molar-refractivity contribution in [1.29, 1.82) is 0 Å². The molecular formula is C16H23IN2O. The number of rotatable bonds is 6. The van der Waals surface area contributed by atoms with Crippen molar-refractivity contribution in [3.63, 3.8) is 0 Å². The molecule has 1 N–H and O–H groups in total. The molecule has 0 bridgehead atoms. The first kappa shape index (κ1) is 15.8. The van der Waals surface area contributed by atoms with Gasteiger partial charge >= 0.3 is 0 Å². The van der Waals surface area contributed by atoms with Gasteiger partial charge in [-0.15, -0.1) is 0 Å². The minimum absolute atomic E-state index is 0.321. The van der Waals surface area contributed by atoms with E-state index in [-0.39, 0.29) is 5.54 Å². The highest BCUT2D eigenvalue weighted by Crippen LogP contribution is 2.32. The summed E-state index contributed by atoms with van der Waals surface area (Å²) in [6.07, 6.45) is 3.48. The van der Waals surface area contributed by atoms with Gasteiger partial charge in [-0.1, -0.05) is 40.8 Å². The number of benzene rings is 1. The topological polar surface area (TPSA) is 32.3 Å². The van der Waals surface area contributed by atoms with Crippen LogP contribution in [0.15, 0.2) is 30.3 Å². The molecule has 0 saturated carbocycles. The van der Waals surface area contributed by atoms with Gasteiger partial charge in [-0.3, -0.25) is 4.79 Å². The predicted molar refractivity (Wildman–Crippen MR) is 92.8 cm³/mol. The van der Waals surface area contributed by atoms with Crippen molar-refractivity contribution < 1.29 is 4.79 Å². The standard InChI is InChI=1S/C16H23IN2O/c1-19(14-6-3-2-4-7-14)16(9-12-18-13-10-16)15(20)8-5-11-17/h2-4,6-7,18H,5,8-13H2,1H3. The van der Waals surface area contributed by atoms with E-state index in [4.69, 9.17) is 0 Å². The van der Waals surface area contributed by atoms with Crippen LogP contribution in [0.4, 0.5) is 5.69 Å². The molecule has 0 spiro atoms. The molecule has 110 valence electrons. The Balaban J connectivity index is 2.24. The minimum Gasteiger partial charge on any atom is -0.362 e. The SMILES string of the molecule is CN(c1ccccc1)C1(C(=O)CCCI)CCNCC1. The highest BCUT2D eigenvalue weighted by atomic mass is 127. The van der Waals surface area contributed by atoms with E-state index in [0.29, 0.717) is 12.2 Å². The molecule has 0 aliphatic carbocycles. The Kier molecular flexibility index (Phi) is 5.84. The molecule has 20 heavy (non-hydrogen) atoms. The maximum absolute atomic E-state index is 12.8. The zero-order valence-corrected chi connectivity index (χ0v) is 14.2. The van der Waals surface area contributed by atoms with E-state index < -0.39 is 0 Å². The molecule has 0 unspecified atom stereocenters. The lowest BCUT2D eigenvalue weighted by molar-refractivity contribution is -0.125. The predicted octanol–water partition coefficient (Wildman–Crippen LogP) is 3.03. The summed E-state index contributed by atoms with van der Waals surface area (Å²) in [5.41, 5.74) is 0.815. The third-order valence-electron chi connectivity index (χ3n) is 4.27. The number of ketones is 1. The number of likely N-dealkylation sites (N-methyl/N-ethyl adjacent to an activating group) is 1. The lowest BCUT2D eigenvalue weighted by Crippen LogP contribution is -2.58. The average molecular weight is 386 g/mol. The van der Waals surface area contributed by atoms with Gasteiger partial charge in [0.05, 0.1) is 0 Å². The van der Waals surface area contributed by atoms with Crippen LogP contribution >= 0.6 is 22.6 Å². The molecule has 1 aliphatic heterocycles. The lowest BCUT2D eigenvalue weighted by atomic mass is 9.80. The van der Waals surface area contributed by atoms with Crippen LogP contribution in [0.3, 0.4) is 0 Å². The normalized spacial score (nSPS) is 17.7. The first-order chi connectivity index (χ1) is 9.70. The Morgan fingerprint density at radius 1 is 1.30 bits per heavy atom. The van der Waals surface area contributed by atoms with E-state index in [9.17, 15) is 4.79 Å².